The van der Waals surface area contributed by atoms with Crippen LogP contribution < -0.4 is 5.84 Å². The summed E-state index contributed by atoms with van der Waals surface area (Å²) in [4.78, 5) is 43.4. The molecule has 41 heavy (non-hydrogen) atoms. The monoisotopic (exact) mass is 565 g/mol. The summed E-state index contributed by atoms with van der Waals surface area (Å²) in [6.07, 6.45) is 5.28. The van der Waals surface area contributed by atoms with E-state index in [1.54, 1.807) is 46.7 Å². The number of ketones is 1. The Hall–Kier alpha value is -4.19. The first-order valence-electron chi connectivity index (χ1n) is 13.4. The summed E-state index contributed by atoms with van der Waals surface area (Å²) in [6.45, 7) is 9.78. The minimum absolute atomic E-state index is 0.100. The molecular formula is C30H39N5O6. The van der Waals surface area contributed by atoms with Crippen molar-refractivity contribution in [3.05, 3.63) is 83.3 Å². The highest BCUT2D eigenvalue weighted by molar-refractivity contribution is 6.43. The molecule has 11 heteroatoms. The number of hydrogen-bond acceptors (Lipinski definition) is 8. The highest BCUT2D eigenvalue weighted by atomic mass is 16.6. The molecular weight excluding hydrogens is 526 g/mol. The summed E-state index contributed by atoms with van der Waals surface area (Å²) < 4.78 is 12.5. The van der Waals surface area contributed by atoms with Crippen molar-refractivity contribution in [2.45, 2.75) is 33.9 Å². The van der Waals surface area contributed by atoms with Gasteiger partial charge in [0.05, 0.1) is 29.6 Å². The van der Waals surface area contributed by atoms with Crippen molar-refractivity contribution < 1.29 is 29.0 Å². The smallest absolute Gasteiger partial charge is 0.295 e. The number of carbonyl (C=O) groups is 3. The van der Waals surface area contributed by atoms with E-state index in [0.29, 0.717) is 47.8 Å². The van der Waals surface area contributed by atoms with Gasteiger partial charge in [-0.2, -0.15) is 0 Å². The maximum atomic E-state index is 13.8. The van der Waals surface area contributed by atoms with E-state index in [2.05, 4.69) is 6.58 Å². The lowest BCUT2D eigenvalue weighted by molar-refractivity contribution is -0.127. The molecule has 0 saturated carbocycles. The standard InChI is InChI=1S/C30H39N5O6/c1-6-21(4)26(35(31)8-3)27-25(24(7-2)40-5)23(18-34(27)19-41-20-36)28(37)30(39)33-16-14-32(15-17-33)29(38)22-12-10-9-11-13-22/h7-13,18,36H,3,6,14-17,19-20,31H2,1-2,4-5H3/b24-7+,26-21+. The van der Waals surface area contributed by atoms with Crippen LogP contribution in [0.15, 0.2) is 61.0 Å². The number of rotatable bonds is 12. The van der Waals surface area contributed by atoms with Gasteiger partial charge in [-0.15, -0.1) is 0 Å². The second-order valence-corrected chi connectivity index (χ2v) is 9.41. The van der Waals surface area contributed by atoms with Crippen molar-refractivity contribution in [2.24, 2.45) is 5.84 Å². The molecule has 11 nitrogen and oxygen atoms in total. The third kappa shape index (κ3) is 6.76. The number of ether oxygens (including phenoxy) is 2. The zero-order valence-corrected chi connectivity index (χ0v) is 24.1. The second-order valence-electron chi connectivity index (χ2n) is 9.41. The zero-order valence-electron chi connectivity index (χ0n) is 24.1. The Morgan fingerprint density at radius 2 is 1.76 bits per heavy atom. The van der Waals surface area contributed by atoms with Crippen molar-refractivity contribution in [1.82, 2.24) is 19.4 Å². The van der Waals surface area contributed by atoms with Crippen LogP contribution in [0.2, 0.25) is 0 Å². The van der Waals surface area contributed by atoms with Crippen LogP contribution in [0.1, 0.15) is 59.2 Å². The van der Waals surface area contributed by atoms with Crippen LogP contribution in [0, 0.1) is 0 Å². The van der Waals surface area contributed by atoms with Gasteiger partial charge in [-0.1, -0.05) is 31.7 Å². The van der Waals surface area contributed by atoms with Gasteiger partial charge in [0, 0.05) is 44.1 Å². The van der Waals surface area contributed by atoms with Crippen LogP contribution in [0.25, 0.3) is 11.5 Å². The Kier molecular flexibility index (Phi) is 11.0. The minimum atomic E-state index is -0.737. The maximum Gasteiger partial charge on any atom is 0.295 e. The maximum absolute atomic E-state index is 13.8. The summed E-state index contributed by atoms with van der Waals surface area (Å²) in [5.74, 6) is 5.13. The van der Waals surface area contributed by atoms with Crippen LogP contribution in [-0.4, -0.2) is 82.2 Å². The lowest BCUT2D eigenvalue weighted by Gasteiger charge is -2.34. The molecule has 1 aliphatic rings. The number of amides is 2. The molecule has 1 aliphatic heterocycles. The van der Waals surface area contributed by atoms with Gasteiger partial charge in [-0.3, -0.25) is 19.4 Å². The van der Waals surface area contributed by atoms with Crippen molar-refractivity contribution in [3.63, 3.8) is 0 Å². The van der Waals surface area contributed by atoms with Crippen molar-refractivity contribution in [1.29, 1.82) is 0 Å². The van der Waals surface area contributed by atoms with Crippen LogP contribution in [0.4, 0.5) is 0 Å². The third-order valence-electron chi connectivity index (χ3n) is 7.06. The summed E-state index contributed by atoms with van der Waals surface area (Å²) >= 11 is 0. The molecule has 1 aromatic heterocycles. The molecule has 0 bridgehead atoms. The quantitative estimate of drug-likeness (QED) is 0.100. The first-order chi connectivity index (χ1) is 19.7. The van der Waals surface area contributed by atoms with E-state index in [0.717, 1.165) is 5.57 Å². The lowest BCUT2D eigenvalue weighted by atomic mass is 9.99. The van der Waals surface area contributed by atoms with E-state index in [1.165, 1.54) is 29.4 Å². The molecule has 2 amide bonds. The van der Waals surface area contributed by atoms with Gasteiger partial charge in [-0.05, 0) is 44.1 Å². The predicted octanol–water partition coefficient (Wildman–Crippen LogP) is 3.05. The van der Waals surface area contributed by atoms with Gasteiger partial charge >= 0.3 is 0 Å². The Morgan fingerprint density at radius 3 is 2.29 bits per heavy atom. The number of allylic oxidation sites excluding steroid dienone is 2. The fourth-order valence-corrected chi connectivity index (χ4v) is 4.78. The molecule has 1 saturated heterocycles. The molecule has 220 valence electrons. The number of benzene rings is 1. The molecule has 0 aliphatic carbocycles. The van der Waals surface area contributed by atoms with E-state index in [9.17, 15) is 19.5 Å². The fourth-order valence-electron chi connectivity index (χ4n) is 4.78. The highest BCUT2D eigenvalue weighted by Gasteiger charge is 2.34. The number of aliphatic hydroxyl groups excluding tert-OH is 1. The van der Waals surface area contributed by atoms with E-state index < -0.39 is 18.5 Å². The average Bonchev–Trinajstić information content (AvgIpc) is 3.38. The molecule has 0 unspecified atom stereocenters. The summed E-state index contributed by atoms with van der Waals surface area (Å²) in [6, 6.07) is 8.95. The molecule has 0 atom stereocenters. The fraction of sp³-hybridized carbons (Fsp3) is 0.367. The number of nitrogens with zero attached hydrogens (tertiary/aromatic N) is 4. The molecule has 3 rings (SSSR count). The predicted molar refractivity (Wildman–Crippen MR) is 156 cm³/mol. The lowest BCUT2D eigenvalue weighted by Crippen LogP contribution is -2.52. The number of nitrogens with two attached hydrogens (primary N) is 1. The van der Waals surface area contributed by atoms with E-state index in [1.807, 2.05) is 19.9 Å². The number of methoxy groups -OCH3 is 1. The van der Waals surface area contributed by atoms with E-state index in [4.69, 9.17) is 15.3 Å². The summed E-state index contributed by atoms with van der Waals surface area (Å²) in [7, 11) is 1.48. The second kappa shape index (κ2) is 14.4. The zero-order chi connectivity index (χ0) is 30.1. The topological polar surface area (TPSA) is 131 Å². The first kappa shape index (κ1) is 31.3. The average molecular weight is 566 g/mol. The minimum Gasteiger partial charge on any atom is -0.496 e. The summed E-state index contributed by atoms with van der Waals surface area (Å²) in [5, 5.41) is 10.7. The Balaban J connectivity index is 2.01. The Morgan fingerprint density at radius 1 is 1.12 bits per heavy atom. The van der Waals surface area contributed by atoms with Crippen molar-refractivity contribution >= 4 is 29.1 Å². The molecule has 2 heterocycles. The van der Waals surface area contributed by atoms with Gasteiger partial charge in [-0.25, -0.2) is 5.84 Å². The molecule has 0 radical (unpaired) electrons. The van der Waals surface area contributed by atoms with E-state index in [-0.39, 0.29) is 31.3 Å². The number of carbonyl (C=O) groups excluding carboxylic acids is 3. The Labute approximate surface area is 240 Å². The molecule has 1 aromatic carbocycles. The summed E-state index contributed by atoms with van der Waals surface area (Å²) in [5.41, 5.74) is 2.95. The van der Waals surface area contributed by atoms with Gasteiger partial charge in [0.1, 0.15) is 19.3 Å². The number of aliphatic hydroxyl groups is 1. The number of piperazine rings is 1. The van der Waals surface area contributed by atoms with Crippen molar-refractivity contribution in [3.8, 4) is 0 Å². The van der Waals surface area contributed by atoms with Crippen molar-refractivity contribution in [2.75, 3.05) is 40.1 Å². The van der Waals surface area contributed by atoms with Gasteiger partial charge in [0.2, 0.25) is 0 Å². The Bertz CT molecular complexity index is 1320. The van der Waals surface area contributed by atoms with Crippen LogP contribution in [-0.2, 0) is 21.0 Å². The number of hydrazine groups is 1. The molecule has 0 spiro atoms. The normalized spacial score (nSPS) is 14.4. The first-order valence-corrected chi connectivity index (χ1v) is 13.4. The third-order valence-corrected chi connectivity index (χ3v) is 7.06. The van der Waals surface area contributed by atoms with Crippen LogP contribution in [0.3, 0.4) is 0 Å². The molecule has 3 N–H and O–H groups in total. The highest BCUT2D eigenvalue weighted by Crippen LogP contribution is 2.35. The van der Waals surface area contributed by atoms with Gasteiger partial charge in [0.15, 0.2) is 0 Å². The van der Waals surface area contributed by atoms with Gasteiger partial charge < -0.3 is 28.9 Å². The van der Waals surface area contributed by atoms with Gasteiger partial charge in [0.25, 0.3) is 17.6 Å². The number of aromatic nitrogens is 1. The van der Waals surface area contributed by atoms with E-state index >= 15 is 0 Å². The number of Topliss-reactive ketones (excluding diaryl/α,β-unsaturated/α-hetero) is 1. The SMILES string of the molecule is C=CN(N)/C(=C(\C)CC)c1c(/C(=C\C)OC)c(C(=O)C(=O)N2CCN(C(=O)c3ccccc3)CC2)cn1COCO. The largest absolute Gasteiger partial charge is 0.496 e. The van der Waals surface area contributed by atoms with Crippen LogP contribution in [0.5, 0.6) is 0 Å². The van der Waals surface area contributed by atoms with Crippen LogP contribution >= 0.6 is 0 Å². The molecule has 1 fully saturated rings. The number of hydrogen-bond donors (Lipinski definition) is 2. The molecule has 2 aromatic rings.